The van der Waals surface area contributed by atoms with Crippen molar-refractivity contribution in [2.45, 2.75) is 51.6 Å². The number of rotatable bonds is 13. The molecule has 4 aromatic rings. The number of carbonyl (C=O) groups excluding carboxylic acids is 2. The first-order valence-electron chi connectivity index (χ1n) is 15.0. The van der Waals surface area contributed by atoms with Crippen LogP contribution in [0.1, 0.15) is 36.1 Å². The van der Waals surface area contributed by atoms with Crippen molar-refractivity contribution in [3.63, 3.8) is 0 Å². The first kappa shape index (κ1) is 33.7. The highest BCUT2D eigenvalue weighted by Crippen LogP contribution is 2.27. The number of nitrogens with zero attached hydrogens (tertiary/aromatic N) is 2. The van der Waals surface area contributed by atoms with E-state index in [0.717, 1.165) is 26.6 Å². The number of benzene rings is 4. The number of anilines is 1. The zero-order chi connectivity index (χ0) is 32.6. The quantitative estimate of drug-likeness (QED) is 0.178. The molecule has 4 aromatic carbocycles. The summed E-state index contributed by atoms with van der Waals surface area (Å²) in [7, 11) is -4.18. The number of aryl methyl sites for hydroxylation is 2. The molecule has 0 bridgehead atoms. The molecule has 1 atom stereocenters. The van der Waals surface area contributed by atoms with Crippen LogP contribution in [0.15, 0.2) is 108 Å². The monoisotopic (exact) mass is 645 g/mol. The molecule has 0 spiro atoms. The van der Waals surface area contributed by atoms with Crippen LogP contribution in [0, 0.1) is 19.8 Å². The van der Waals surface area contributed by atoms with E-state index < -0.39 is 28.5 Å². The van der Waals surface area contributed by atoms with Gasteiger partial charge in [0, 0.05) is 24.5 Å². The number of halogens is 1. The fourth-order valence-electron chi connectivity index (χ4n) is 4.96. The maximum absolute atomic E-state index is 14.5. The lowest BCUT2D eigenvalue weighted by Gasteiger charge is -2.34. The smallest absolute Gasteiger partial charge is 0.264 e. The highest BCUT2D eigenvalue weighted by Gasteiger charge is 2.34. The molecule has 2 amide bonds. The van der Waals surface area contributed by atoms with Crippen molar-refractivity contribution in [3.8, 4) is 0 Å². The molecular weight excluding hydrogens is 606 g/mol. The standard InChI is InChI=1S/C36H40ClN3O4S/c1-26(2)23-38-36(42)34(22-29-10-6-5-7-11-29)39(24-30-12-8-9-28(4)21-30)35(41)25-40(32-17-15-31(37)16-18-32)45(43,44)33-19-13-27(3)14-20-33/h5-21,26,34H,22-25H2,1-4H3,(H,38,42). The zero-order valence-electron chi connectivity index (χ0n) is 26.1. The summed E-state index contributed by atoms with van der Waals surface area (Å²) in [4.78, 5) is 29.9. The van der Waals surface area contributed by atoms with Gasteiger partial charge in [-0.3, -0.25) is 13.9 Å². The van der Waals surface area contributed by atoms with Gasteiger partial charge in [-0.25, -0.2) is 8.42 Å². The van der Waals surface area contributed by atoms with Gasteiger partial charge in [-0.1, -0.05) is 103 Å². The third-order valence-electron chi connectivity index (χ3n) is 7.39. The topological polar surface area (TPSA) is 86.8 Å². The van der Waals surface area contributed by atoms with Gasteiger partial charge < -0.3 is 10.2 Å². The zero-order valence-corrected chi connectivity index (χ0v) is 27.7. The van der Waals surface area contributed by atoms with E-state index in [9.17, 15) is 18.0 Å². The highest BCUT2D eigenvalue weighted by molar-refractivity contribution is 7.92. The summed E-state index contributed by atoms with van der Waals surface area (Å²) in [6, 6.07) is 29.1. The van der Waals surface area contributed by atoms with E-state index >= 15 is 0 Å². The summed E-state index contributed by atoms with van der Waals surface area (Å²) in [5.74, 6) is -0.608. The summed E-state index contributed by atoms with van der Waals surface area (Å²) < 4.78 is 29.3. The normalized spacial score (nSPS) is 12.0. The Morgan fingerprint density at radius 3 is 2.07 bits per heavy atom. The van der Waals surface area contributed by atoms with Gasteiger partial charge in [0.25, 0.3) is 10.0 Å². The average molecular weight is 646 g/mol. The number of nitrogens with one attached hydrogen (secondary N) is 1. The molecule has 0 fully saturated rings. The van der Waals surface area contributed by atoms with E-state index in [0.29, 0.717) is 11.6 Å². The lowest BCUT2D eigenvalue weighted by molar-refractivity contribution is -0.140. The molecular formula is C36H40ClN3O4S. The highest BCUT2D eigenvalue weighted by atomic mass is 35.5. The van der Waals surface area contributed by atoms with Crippen LogP contribution in [-0.2, 0) is 32.6 Å². The minimum absolute atomic E-state index is 0.0524. The fraction of sp³-hybridized carbons (Fsp3) is 0.278. The third kappa shape index (κ3) is 9.19. The van der Waals surface area contributed by atoms with Gasteiger partial charge in [-0.15, -0.1) is 0 Å². The maximum atomic E-state index is 14.5. The van der Waals surface area contributed by atoms with Gasteiger partial charge in [0.2, 0.25) is 11.8 Å². The van der Waals surface area contributed by atoms with E-state index in [1.165, 1.54) is 17.0 Å². The molecule has 0 aliphatic carbocycles. The molecule has 0 radical (unpaired) electrons. The second-order valence-corrected chi connectivity index (χ2v) is 14.0. The van der Waals surface area contributed by atoms with Crippen LogP contribution in [0.4, 0.5) is 5.69 Å². The number of carbonyl (C=O) groups is 2. The summed E-state index contributed by atoms with van der Waals surface area (Å²) in [5.41, 5.74) is 3.91. The first-order valence-corrected chi connectivity index (χ1v) is 16.8. The third-order valence-corrected chi connectivity index (χ3v) is 9.43. The molecule has 1 unspecified atom stereocenters. The molecule has 4 rings (SSSR count). The van der Waals surface area contributed by atoms with Gasteiger partial charge in [-0.05, 0) is 67.3 Å². The Labute approximate surface area is 271 Å². The van der Waals surface area contributed by atoms with Crippen molar-refractivity contribution >= 4 is 39.1 Å². The SMILES string of the molecule is Cc1ccc(S(=O)(=O)N(CC(=O)N(Cc2cccc(C)c2)C(Cc2ccccc2)C(=O)NCC(C)C)c2ccc(Cl)cc2)cc1. The van der Waals surface area contributed by atoms with E-state index in [1.807, 2.05) is 82.3 Å². The van der Waals surface area contributed by atoms with Gasteiger partial charge in [0.15, 0.2) is 0 Å². The van der Waals surface area contributed by atoms with Crippen LogP contribution >= 0.6 is 11.6 Å². The first-order chi connectivity index (χ1) is 21.4. The number of hydrogen-bond acceptors (Lipinski definition) is 4. The summed E-state index contributed by atoms with van der Waals surface area (Å²) in [5, 5.41) is 3.44. The lowest BCUT2D eigenvalue weighted by Crippen LogP contribution is -2.53. The Balaban J connectivity index is 1.79. The molecule has 1 N–H and O–H groups in total. The molecule has 0 saturated heterocycles. The van der Waals surface area contributed by atoms with Crippen LogP contribution in [0.25, 0.3) is 0 Å². The van der Waals surface area contributed by atoms with Crippen LogP contribution in [0.3, 0.4) is 0 Å². The Hall–Kier alpha value is -4.14. The molecule has 0 saturated carbocycles. The van der Waals surface area contributed by atoms with E-state index in [1.54, 1.807) is 36.4 Å². The Bertz CT molecular complexity index is 1690. The molecule has 0 aliphatic heterocycles. The Kier molecular flexibility index (Phi) is 11.4. The minimum Gasteiger partial charge on any atom is -0.354 e. The number of amides is 2. The van der Waals surface area contributed by atoms with E-state index in [2.05, 4.69) is 5.32 Å². The molecule has 236 valence electrons. The van der Waals surface area contributed by atoms with Gasteiger partial charge >= 0.3 is 0 Å². The maximum Gasteiger partial charge on any atom is 0.264 e. The van der Waals surface area contributed by atoms with Crippen molar-refractivity contribution in [1.82, 2.24) is 10.2 Å². The summed E-state index contributed by atoms with van der Waals surface area (Å²) in [6.07, 6.45) is 0.258. The van der Waals surface area contributed by atoms with Gasteiger partial charge in [0.1, 0.15) is 12.6 Å². The van der Waals surface area contributed by atoms with Crippen molar-refractivity contribution in [1.29, 1.82) is 0 Å². The van der Waals surface area contributed by atoms with Crippen LogP contribution in [0.5, 0.6) is 0 Å². The molecule has 0 heterocycles. The van der Waals surface area contributed by atoms with Crippen LogP contribution < -0.4 is 9.62 Å². The fourth-order valence-corrected chi connectivity index (χ4v) is 6.50. The molecule has 7 nitrogen and oxygen atoms in total. The minimum atomic E-state index is -4.18. The van der Waals surface area contributed by atoms with E-state index in [4.69, 9.17) is 11.6 Å². The molecule has 9 heteroatoms. The van der Waals surface area contributed by atoms with Gasteiger partial charge in [-0.2, -0.15) is 0 Å². The second kappa shape index (κ2) is 15.2. The Morgan fingerprint density at radius 2 is 1.44 bits per heavy atom. The molecule has 0 aromatic heterocycles. The van der Waals surface area contributed by atoms with E-state index in [-0.39, 0.29) is 35.4 Å². The van der Waals surface area contributed by atoms with Crippen molar-refractivity contribution in [2.24, 2.45) is 5.92 Å². The van der Waals surface area contributed by atoms with Gasteiger partial charge in [0.05, 0.1) is 10.6 Å². The average Bonchev–Trinajstić information content (AvgIpc) is 3.01. The Morgan fingerprint density at radius 1 is 0.800 bits per heavy atom. The number of sulfonamides is 1. The molecule has 45 heavy (non-hydrogen) atoms. The van der Waals surface area contributed by atoms with Crippen molar-refractivity contribution in [2.75, 3.05) is 17.4 Å². The lowest BCUT2D eigenvalue weighted by atomic mass is 10.0. The van der Waals surface area contributed by atoms with Crippen LogP contribution in [0.2, 0.25) is 5.02 Å². The largest absolute Gasteiger partial charge is 0.354 e. The molecule has 0 aliphatic rings. The second-order valence-electron chi connectivity index (χ2n) is 11.7. The predicted octanol–water partition coefficient (Wildman–Crippen LogP) is 6.56. The number of hydrogen-bond donors (Lipinski definition) is 1. The van der Waals surface area contributed by atoms with Crippen molar-refractivity contribution in [3.05, 3.63) is 130 Å². The summed E-state index contributed by atoms with van der Waals surface area (Å²) >= 11 is 6.14. The predicted molar refractivity (Wildman–Crippen MR) is 181 cm³/mol. The van der Waals surface area contributed by atoms with Crippen molar-refractivity contribution < 1.29 is 18.0 Å². The summed E-state index contributed by atoms with van der Waals surface area (Å²) in [6.45, 7) is 7.87. The van der Waals surface area contributed by atoms with Crippen LogP contribution in [-0.4, -0.2) is 44.3 Å².